The molecule has 0 spiro atoms. The molecule has 1 aliphatic rings. The SMILES string of the molecule is CN=C(NCCSC)NCC(c1ccc(F)cc1)N1CCOCC1. The quantitative estimate of drug-likeness (QED) is 0.444. The largest absolute Gasteiger partial charge is 0.379 e. The lowest BCUT2D eigenvalue weighted by Crippen LogP contribution is -2.46. The molecule has 1 atom stereocenters. The Morgan fingerprint density at radius 1 is 1.29 bits per heavy atom. The number of rotatable bonds is 7. The molecule has 5 nitrogen and oxygen atoms in total. The van der Waals surface area contributed by atoms with E-state index >= 15 is 0 Å². The number of hydrogen-bond acceptors (Lipinski definition) is 4. The van der Waals surface area contributed by atoms with Crippen LogP contribution in [0.4, 0.5) is 4.39 Å². The fraction of sp³-hybridized carbons (Fsp3) is 0.588. The zero-order chi connectivity index (χ0) is 17.2. The van der Waals surface area contributed by atoms with Crippen molar-refractivity contribution in [2.45, 2.75) is 6.04 Å². The summed E-state index contributed by atoms with van der Waals surface area (Å²) < 4.78 is 18.7. The fourth-order valence-electron chi connectivity index (χ4n) is 2.72. The van der Waals surface area contributed by atoms with Gasteiger partial charge in [0.25, 0.3) is 0 Å². The zero-order valence-electron chi connectivity index (χ0n) is 14.4. The van der Waals surface area contributed by atoms with E-state index in [9.17, 15) is 4.39 Å². The Bertz CT molecular complexity index is 506. The molecule has 1 saturated heterocycles. The first kappa shape index (κ1) is 19.0. The van der Waals surface area contributed by atoms with Crippen LogP contribution in [0.5, 0.6) is 0 Å². The van der Waals surface area contributed by atoms with E-state index in [1.807, 2.05) is 12.1 Å². The summed E-state index contributed by atoms with van der Waals surface area (Å²) in [5.74, 6) is 1.62. The summed E-state index contributed by atoms with van der Waals surface area (Å²) in [6, 6.07) is 6.93. The van der Waals surface area contributed by atoms with Gasteiger partial charge in [-0.1, -0.05) is 12.1 Å². The third kappa shape index (κ3) is 5.96. The summed E-state index contributed by atoms with van der Waals surface area (Å²) in [5, 5.41) is 6.70. The van der Waals surface area contributed by atoms with Crippen LogP contribution in [0.2, 0.25) is 0 Å². The van der Waals surface area contributed by atoms with Gasteiger partial charge in [-0.05, 0) is 24.0 Å². The molecule has 1 heterocycles. The van der Waals surface area contributed by atoms with Gasteiger partial charge in [0.15, 0.2) is 5.96 Å². The Morgan fingerprint density at radius 3 is 2.62 bits per heavy atom. The highest BCUT2D eigenvalue weighted by Gasteiger charge is 2.22. The molecule has 0 radical (unpaired) electrons. The van der Waals surface area contributed by atoms with Crippen molar-refractivity contribution in [2.24, 2.45) is 4.99 Å². The topological polar surface area (TPSA) is 48.9 Å². The molecule has 1 unspecified atom stereocenters. The summed E-state index contributed by atoms with van der Waals surface area (Å²) >= 11 is 1.80. The second-order valence-electron chi connectivity index (χ2n) is 5.59. The zero-order valence-corrected chi connectivity index (χ0v) is 15.2. The van der Waals surface area contributed by atoms with E-state index in [4.69, 9.17) is 4.74 Å². The van der Waals surface area contributed by atoms with E-state index in [2.05, 4.69) is 26.8 Å². The van der Waals surface area contributed by atoms with Crippen LogP contribution >= 0.6 is 11.8 Å². The van der Waals surface area contributed by atoms with Gasteiger partial charge in [-0.15, -0.1) is 0 Å². The van der Waals surface area contributed by atoms with Crippen LogP contribution in [-0.4, -0.2) is 69.3 Å². The van der Waals surface area contributed by atoms with E-state index in [-0.39, 0.29) is 11.9 Å². The molecule has 0 aromatic heterocycles. The number of aliphatic imine (C=N–C) groups is 1. The lowest BCUT2D eigenvalue weighted by molar-refractivity contribution is 0.0170. The number of thioether (sulfide) groups is 1. The Morgan fingerprint density at radius 2 is 2.00 bits per heavy atom. The number of hydrogen-bond donors (Lipinski definition) is 2. The Kier molecular flexibility index (Phi) is 8.35. The number of benzene rings is 1. The maximum Gasteiger partial charge on any atom is 0.191 e. The molecule has 1 aromatic carbocycles. The molecule has 2 N–H and O–H groups in total. The summed E-state index contributed by atoms with van der Waals surface area (Å²) in [4.78, 5) is 6.64. The minimum Gasteiger partial charge on any atom is -0.379 e. The first-order chi connectivity index (χ1) is 11.7. The van der Waals surface area contributed by atoms with Crippen molar-refractivity contribution in [3.05, 3.63) is 35.6 Å². The number of nitrogens with zero attached hydrogens (tertiary/aromatic N) is 2. The van der Waals surface area contributed by atoms with Gasteiger partial charge in [0.2, 0.25) is 0 Å². The molecular formula is C17H27FN4OS. The lowest BCUT2D eigenvalue weighted by atomic mass is 10.0. The van der Waals surface area contributed by atoms with Crippen LogP contribution < -0.4 is 10.6 Å². The number of guanidine groups is 1. The third-order valence-corrected chi connectivity index (χ3v) is 4.64. The molecule has 24 heavy (non-hydrogen) atoms. The van der Waals surface area contributed by atoms with Crippen LogP contribution in [0.1, 0.15) is 11.6 Å². The van der Waals surface area contributed by atoms with Crippen molar-refractivity contribution in [3.8, 4) is 0 Å². The van der Waals surface area contributed by atoms with E-state index in [0.29, 0.717) is 6.54 Å². The van der Waals surface area contributed by atoms with Gasteiger partial charge in [0, 0.05) is 39.0 Å². The van der Waals surface area contributed by atoms with Gasteiger partial charge < -0.3 is 15.4 Å². The van der Waals surface area contributed by atoms with Gasteiger partial charge in [-0.3, -0.25) is 9.89 Å². The van der Waals surface area contributed by atoms with Crippen molar-refractivity contribution in [3.63, 3.8) is 0 Å². The number of nitrogens with one attached hydrogen (secondary N) is 2. The van der Waals surface area contributed by atoms with Gasteiger partial charge in [-0.2, -0.15) is 11.8 Å². The second kappa shape index (κ2) is 10.5. The van der Waals surface area contributed by atoms with E-state index < -0.39 is 0 Å². The molecule has 1 fully saturated rings. The van der Waals surface area contributed by atoms with Crippen molar-refractivity contribution >= 4 is 17.7 Å². The molecular weight excluding hydrogens is 327 g/mol. The van der Waals surface area contributed by atoms with Crippen molar-refractivity contribution < 1.29 is 9.13 Å². The van der Waals surface area contributed by atoms with Crippen LogP contribution in [-0.2, 0) is 4.74 Å². The Hall–Kier alpha value is -1.31. The average Bonchev–Trinajstić information content (AvgIpc) is 2.63. The van der Waals surface area contributed by atoms with Crippen LogP contribution in [0, 0.1) is 5.82 Å². The molecule has 0 amide bonds. The summed E-state index contributed by atoms with van der Waals surface area (Å²) in [6.07, 6.45) is 2.08. The predicted molar refractivity (Wildman–Crippen MR) is 99.3 cm³/mol. The standard InChI is InChI=1S/C17H27FN4OS/c1-19-17(20-7-12-24-2)21-13-16(22-8-10-23-11-9-22)14-3-5-15(18)6-4-14/h3-6,16H,7-13H2,1-2H3,(H2,19,20,21). The Labute approximate surface area is 148 Å². The van der Waals surface area contributed by atoms with E-state index in [1.54, 1.807) is 18.8 Å². The fourth-order valence-corrected chi connectivity index (χ4v) is 3.02. The maximum atomic E-state index is 13.3. The number of halogens is 1. The average molecular weight is 354 g/mol. The van der Waals surface area contributed by atoms with Gasteiger partial charge >= 0.3 is 0 Å². The summed E-state index contributed by atoms with van der Waals surface area (Å²) in [5.41, 5.74) is 1.10. The van der Waals surface area contributed by atoms with Crippen molar-refractivity contribution in [1.82, 2.24) is 15.5 Å². The molecule has 0 bridgehead atoms. The maximum absolute atomic E-state index is 13.3. The van der Waals surface area contributed by atoms with Crippen molar-refractivity contribution in [1.29, 1.82) is 0 Å². The highest BCUT2D eigenvalue weighted by atomic mass is 32.2. The lowest BCUT2D eigenvalue weighted by Gasteiger charge is -2.35. The van der Waals surface area contributed by atoms with Crippen LogP contribution in [0.25, 0.3) is 0 Å². The van der Waals surface area contributed by atoms with Crippen molar-refractivity contribution in [2.75, 3.05) is 58.4 Å². The summed E-state index contributed by atoms with van der Waals surface area (Å²) in [6.45, 7) is 4.81. The summed E-state index contributed by atoms with van der Waals surface area (Å²) in [7, 11) is 1.77. The molecule has 0 saturated carbocycles. The molecule has 1 aliphatic heterocycles. The minimum absolute atomic E-state index is 0.161. The smallest absolute Gasteiger partial charge is 0.191 e. The second-order valence-corrected chi connectivity index (χ2v) is 6.57. The first-order valence-electron chi connectivity index (χ1n) is 8.25. The molecule has 1 aromatic rings. The highest BCUT2D eigenvalue weighted by Crippen LogP contribution is 2.21. The molecule has 2 rings (SSSR count). The monoisotopic (exact) mass is 354 g/mol. The number of ether oxygens (including phenoxy) is 1. The molecule has 0 aliphatic carbocycles. The van der Waals surface area contributed by atoms with Crippen LogP contribution in [0.3, 0.4) is 0 Å². The molecule has 7 heteroatoms. The normalized spacial score (nSPS) is 17.5. The van der Waals surface area contributed by atoms with Gasteiger partial charge in [0.05, 0.1) is 19.3 Å². The minimum atomic E-state index is -0.207. The van der Waals surface area contributed by atoms with E-state index in [1.165, 1.54) is 12.1 Å². The van der Waals surface area contributed by atoms with Gasteiger partial charge in [-0.25, -0.2) is 4.39 Å². The van der Waals surface area contributed by atoms with E-state index in [0.717, 1.165) is 50.1 Å². The molecule has 134 valence electrons. The van der Waals surface area contributed by atoms with Gasteiger partial charge in [0.1, 0.15) is 5.82 Å². The predicted octanol–water partition coefficient (Wildman–Crippen LogP) is 1.73. The van der Waals surface area contributed by atoms with Crippen LogP contribution in [0.15, 0.2) is 29.3 Å². The highest BCUT2D eigenvalue weighted by molar-refractivity contribution is 7.98. The number of morpholine rings is 1. The third-order valence-electron chi connectivity index (χ3n) is 4.03. The Balaban J connectivity index is 2.01. The first-order valence-corrected chi connectivity index (χ1v) is 9.64.